The van der Waals surface area contributed by atoms with Crippen molar-refractivity contribution in [1.82, 2.24) is 0 Å². The molecule has 0 aromatic heterocycles. The Balaban J connectivity index is 2.43. The summed E-state index contributed by atoms with van der Waals surface area (Å²) in [5.74, 6) is -0.0644. The maximum atomic E-state index is 11.8. The number of anilines is 1. The summed E-state index contributed by atoms with van der Waals surface area (Å²) >= 11 is 0. The number of hydrogen-bond acceptors (Lipinski definition) is 4. The van der Waals surface area contributed by atoms with Gasteiger partial charge in [-0.3, -0.25) is 4.72 Å². The molecule has 6 heteroatoms. The van der Waals surface area contributed by atoms with E-state index in [-0.39, 0.29) is 12.4 Å². The van der Waals surface area contributed by atoms with Crippen LogP contribution in [0.5, 0.6) is 0 Å². The van der Waals surface area contributed by atoms with Crippen molar-refractivity contribution in [3.63, 3.8) is 0 Å². The summed E-state index contributed by atoms with van der Waals surface area (Å²) < 4.78 is 36.0. The molecule has 0 amide bonds. The number of hydrogen-bond donors (Lipinski definition) is 1. The van der Waals surface area contributed by atoms with E-state index < -0.39 is 10.0 Å². The van der Waals surface area contributed by atoms with Crippen LogP contribution in [0.1, 0.15) is 5.56 Å². The Morgan fingerprint density at radius 2 is 1.89 bits per heavy atom. The lowest BCUT2D eigenvalue weighted by molar-refractivity contribution is 0.0785. The molecule has 1 aromatic carbocycles. The van der Waals surface area contributed by atoms with Gasteiger partial charge >= 0.3 is 0 Å². The van der Waals surface area contributed by atoms with E-state index in [0.717, 1.165) is 5.56 Å². The van der Waals surface area contributed by atoms with Crippen molar-refractivity contribution in [2.75, 3.05) is 37.4 Å². The number of para-hydroxylation sites is 1. The van der Waals surface area contributed by atoms with Crippen molar-refractivity contribution in [2.24, 2.45) is 0 Å². The minimum atomic E-state index is -3.36. The van der Waals surface area contributed by atoms with E-state index in [1.165, 1.54) is 0 Å². The van der Waals surface area contributed by atoms with Gasteiger partial charge in [-0.2, -0.15) is 0 Å². The molecule has 0 atom stereocenters. The van der Waals surface area contributed by atoms with Gasteiger partial charge in [-0.25, -0.2) is 8.42 Å². The van der Waals surface area contributed by atoms with Gasteiger partial charge in [0.15, 0.2) is 0 Å². The lowest BCUT2D eigenvalue weighted by Crippen LogP contribution is -2.21. The fraction of sp³-hybridized carbons (Fsp3) is 0.500. The Kier molecular flexibility index (Phi) is 6.11. The SMILES string of the molecule is COCCOCCS(=O)(=O)Nc1ccccc1C. The van der Waals surface area contributed by atoms with Gasteiger partial charge in [-0.15, -0.1) is 0 Å². The van der Waals surface area contributed by atoms with Gasteiger partial charge in [-0.1, -0.05) is 18.2 Å². The summed E-state index contributed by atoms with van der Waals surface area (Å²) in [7, 11) is -1.79. The largest absolute Gasteiger partial charge is 0.382 e. The van der Waals surface area contributed by atoms with E-state index in [1.54, 1.807) is 19.2 Å². The van der Waals surface area contributed by atoms with Crippen molar-refractivity contribution in [2.45, 2.75) is 6.92 Å². The Morgan fingerprint density at radius 1 is 1.17 bits per heavy atom. The molecule has 0 spiro atoms. The molecular formula is C12H19NO4S. The third-order valence-corrected chi connectivity index (χ3v) is 3.57. The molecule has 0 fully saturated rings. The van der Waals surface area contributed by atoms with Gasteiger partial charge < -0.3 is 9.47 Å². The highest BCUT2D eigenvalue weighted by atomic mass is 32.2. The van der Waals surface area contributed by atoms with Crippen LogP contribution < -0.4 is 4.72 Å². The number of nitrogens with one attached hydrogen (secondary N) is 1. The second kappa shape index (κ2) is 7.35. The summed E-state index contributed by atoms with van der Waals surface area (Å²) in [5.41, 5.74) is 1.50. The van der Waals surface area contributed by atoms with Crippen molar-refractivity contribution in [3.05, 3.63) is 29.8 Å². The first-order chi connectivity index (χ1) is 8.55. The molecule has 0 saturated heterocycles. The Hall–Kier alpha value is -1.11. The normalized spacial score (nSPS) is 11.4. The zero-order chi connectivity index (χ0) is 13.4. The third-order valence-electron chi connectivity index (χ3n) is 2.34. The summed E-state index contributed by atoms with van der Waals surface area (Å²) in [6, 6.07) is 7.24. The van der Waals surface area contributed by atoms with Crippen molar-refractivity contribution in [3.8, 4) is 0 Å². The minimum absolute atomic E-state index is 0.0644. The molecule has 0 saturated carbocycles. The van der Waals surface area contributed by atoms with Crippen LogP contribution in [0.25, 0.3) is 0 Å². The molecule has 0 aliphatic rings. The molecule has 1 aromatic rings. The van der Waals surface area contributed by atoms with Gasteiger partial charge in [-0.05, 0) is 18.6 Å². The number of benzene rings is 1. The third kappa shape index (κ3) is 5.48. The molecule has 0 radical (unpaired) electrons. The van der Waals surface area contributed by atoms with Crippen LogP contribution >= 0.6 is 0 Å². The average molecular weight is 273 g/mol. The second-order valence-electron chi connectivity index (χ2n) is 3.84. The molecule has 0 aliphatic carbocycles. The van der Waals surface area contributed by atoms with E-state index in [0.29, 0.717) is 18.9 Å². The molecule has 5 nitrogen and oxygen atoms in total. The molecule has 0 aliphatic heterocycles. The number of sulfonamides is 1. The van der Waals surface area contributed by atoms with Crippen LogP contribution in [0.2, 0.25) is 0 Å². The van der Waals surface area contributed by atoms with Gasteiger partial charge in [0.2, 0.25) is 10.0 Å². The zero-order valence-corrected chi connectivity index (χ0v) is 11.5. The van der Waals surface area contributed by atoms with Crippen LogP contribution in [0.15, 0.2) is 24.3 Å². The highest BCUT2D eigenvalue weighted by Gasteiger charge is 2.11. The molecule has 1 rings (SSSR count). The van der Waals surface area contributed by atoms with Gasteiger partial charge in [0.1, 0.15) is 0 Å². The molecule has 0 unspecified atom stereocenters. The zero-order valence-electron chi connectivity index (χ0n) is 10.7. The smallest absolute Gasteiger partial charge is 0.235 e. The summed E-state index contributed by atoms with van der Waals surface area (Å²) in [5, 5.41) is 0. The average Bonchev–Trinajstić information content (AvgIpc) is 2.31. The molecule has 0 heterocycles. The first-order valence-corrected chi connectivity index (χ1v) is 7.33. The fourth-order valence-corrected chi connectivity index (χ4v) is 2.32. The molecule has 102 valence electrons. The number of ether oxygens (including phenoxy) is 2. The molecule has 1 N–H and O–H groups in total. The molecule has 0 bridgehead atoms. The Morgan fingerprint density at radius 3 is 2.56 bits per heavy atom. The van der Waals surface area contributed by atoms with E-state index in [9.17, 15) is 8.42 Å². The van der Waals surface area contributed by atoms with Crippen LogP contribution in [0.3, 0.4) is 0 Å². The Bertz CT molecular complexity index is 459. The van der Waals surface area contributed by atoms with Crippen molar-refractivity contribution >= 4 is 15.7 Å². The first kappa shape index (κ1) is 14.9. The monoisotopic (exact) mass is 273 g/mol. The highest BCUT2D eigenvalue weighted by Crippen LogP contribution is 2.14. The topological polar surface area (TPSA) is 64.6 Å². The maximum Gasteiger partial charge on any atom is 0.235 e. The standard InChI is InChI=1S/C12H19NO4S/c1-11-5-3-4-6-12(11)13-18(14,15)10-9-17-8-7-16-2/h3-6,13H,7-10H2,1-2H3. The van der Waals surface area contributed by atoms with E-state index in [4.69, 9.17) is 9.47 Å². The summed E-state index contributed by atoms with van der Waals surface area (Å²) in [4.78, 5) is 0. The number of rotatable bonds is 8. The van der Waals surface area contributed by atoms with Crippen LogP contribution in [0.4, 0.5) is 5.69 Å². The predicted octanol–water partition coefficient (Wildman–Crippen LogP) is 1.40. The quantitative estimate of drug-likeness (QED) is 0.727. The van der Waals surface area contributed by atoms with E-state index in [1.807, 2.05) is 19.1 Å². The summed E-state index contributed by atoms with van der Waals surface area (Å²) in [6.07, 6.45) is 0. The maximum absolute atomic E-state index is 11.8. The van der Waals surface area contributed by atoms with E-state index >= 15 is 0 Å². The molecule has 18 heavy (non-hydrogen) atoms. The van der Waals surface area contributed by atoms with Gasteiger partial charge in [0.05, 0.1) is 31.3 Å². The van der Waals surface area contributed by atoms with Crippen molar-refractivity contribution < 1.29 is 17.9 Å². The highest BCUT2D eigenvalue weighted by molar-refractivity contribution is 7.92. The minimum Gasteiger partial charge on any atom is -0.382 e. The van der Waals surface area contributed by atoms with Crippen molar-refractivity contribution in [1.29, 1.82) is 0 Å². The lowest BCUT2D eigenvalue weighted by atomic mass is 10.2. The Labute approximate surface area is 108 Å². The van der Waals surface area contributed by atoms with Crippen LogP contribution in [-0.2, 0) is 19.5 Å². The van der Waals surface area contributed by atoms with Crippen LogP contribution in [0, 0.1) is 6.92 Å². The molecular weight excluding hydrogens is 254 g/mol. The lowest BCUT2D eigenvalue weighted by Gasteiger charge is -2.10. The summed E-state index contributed by atoms with van der Waals surface area (Å²) in [6.45, 7) is 2.87. The predicted molar refractivity (Wildman–Crippen MR) is 71.3 cm³/mol. The number of methoxy groups -OCH3 is 1. The number of aryl methyl sites for hydroxylation is 1. The fourth-order valence-electron chi connectivity index (χ4n) is 1.32. The van der Waals surface area contributed by atoms with E-state index in [2.05, 4.69) is 4.72 Å². The second-order valence-corrected chi connectivity index (χ2v) is 5.68. The van der Waals surface area contributed by atoms with Crippen LogP contribution in [-0.4, -0.2) is 41.1 Å². The van der Waals surface area contributed by atoms with Gasteiger partial charge in [0.25, 0.3) is 0 Å². The van der Waals surface area contributed by atoms with Gasteiger partial charge in [0, 0.05) is 7.11 Å². The first-order valence-electron chi connectivity index (χ1n) is 5.68.